The van der Waals surface area contributed by atoms with Crippen LogP contribution in [0.1, 0.15) is 37.9 Å². The van der Waals surface area contributed by atoms with Gasteiger partial charge in [-0.2, -0.15) is 13.2 Å². The summed E-state index contributed by atoms with van der Waals surface area (Å²) in [5, 5.41) is 0. The zero-order valence-electron chi connectivity index (χ0n) is 10.3. The highest BCUT2D eigenvalue weighted by molar-refractivity contribution is 5.85. The van der Waals surface area contributed by atoms with Crippen molar-refractivity contribution < 1.29 is 17.6 Å². The van der Waals surface area contributed by atoms with Gasteiger partial charge in [-0.1, -0.05) is 26.8 Å². The van der Waals surface area contributed by atoms with Gasteiger partial charge in [0.05, 0.1) is 5.56 Å². The molecule has 0 unspecified atom stereocenters. The van der Waals surface area contributed by atoms with Gasteiger partial charge in [0.1, 0.15) is 5.82 Å². The van der Waals surface area contributed by atoms with Crippen molar-refractivity contribution in [3.63, 3.8) is 0 Å². The molecule has 0 aliphatic carbocycles. The van der Waals surface area contributed by atoms with E-state index in [4.69, 9.17) is 5.73 Å². The summed E-state index contributed by atoms with van der Waals surface area (Å²) >= 11 is 0. The molecule has 0 saturated heterocycles. The summed E-state index contributed by atoms with van der Waals surface area (Å²) in [6.45, 7) is 5.52. The number of nitrogens with two attached hydrogens (primary N) is 1. The van der Waals surface area contributed by atoms with Gasteiger partial charge >= 0.3 is 6.18 Å². The van der Waals surface area contributed by atoms with Crippen LogP contribution >= 0.6 is 12.4 Å². The molecule has 1 aromatic carbocycles. The summed E-state index contributed by atoms with van der Waals surface area (Å²) < 4.78 is 50.4. The van der Waals surface area contributed by atoms with Crippen LogP contribution in [0.5, 0.6) is 0 Å². The molecule has 0 fully saturated rings. The van der Waals surface area contributed by atoms with Gasteiger partial charge in [0, 0.05) is 6.04 Å². The largest absolute Gasteiger partial charge is 0.419 e. The molecule has 0 saturated carbocycles. The quantitative estimate of drug-likeness (QED) is 0.765. The third kappa shape index (κ3) is 3.85. The maximum atomic E-state index is 13.3. The Bertz CT molecular complexity index is 410. The lowest BCUT2D eigenvalue weighted by Crippen LogP contribution is -2.26. The first-order valence-corrected chi connectivity index (χ1v) is 5.15. The average molecular weight is 286 g/mol. The number of alkyl halides is 3. The van der Waals surface area contributed by atoms with Crippen molar-refractivity contribution in [1.82, 2.24) is 0 Å². The van der Waals surface area contributed by atoms with Crippen molar-refractivity contribution in [1.29, 1.82) is 0 Å². The lowest BCUT2D eigenvalue weighted by molar-refractivity contribution is -0.140. The Morgan fingerprint density at radius 1 is 1.11 bits per heavy atom. The SMILES string of the molecule is CC(C)(C)[C@@H](N)c1ccc(C(F)(F)F)c(F)c1.Cl. The van der Waals surface area contributed by atoms with E-state index in [0.29, 0.717) is 5.56 Å². The Morgan fingerprint density at radius 3 is 1.94 bits per heavy atom. The lowest BCUT2D eigenvalue weighted by Gasteiger charge is -2.27. The number of hydrogen-bond donors (Lipinski definition) is 1. The zero-order chi connectivity index (χ0) is 13.4. The van der Waals surface area contributed by atoms with Crippen LogP contribution in [0.15, 0.2) is 18.2 Å². The lowest BCUT2D eigenvalue weighted by atomic mass is 9.83. The van der Waals surface area contributed by atoms with E-state index >= 15 is 0 Å². The summed E-state index contributed by atoms with van der Waals surface area (Å²) in [4.78, 5) is 0. The Morgan fingerprint density at radius 2 is 1.61 bits per heavy atom. The second kappa shape index (κ2) is 5.45. The Labute approximate surface area is 110 Å². The minimum absolute atomic E-state index is 0. The van der Waals surface area contributed by atoms with Crippen molar-refractivity contribution in [2.75, 3.05) is 0 Å². The maximum absolute atomic E-state index is 13.3. The highest BCUT2D eigenvalue weighted by Crippen LogP contribution is 2.35. The van der Waals surface area contributed by atoms with E-state index in [1.807, 2.05) is 20.8 Å². The standard InChI is InChI=1S/C12H15F4N.ClH/c1-11(2,3)10(17)7-4-5-8(9(13)6-7)12(14,15)16;/h4-6,10H,17H2,1-3H3;1H/t10-;/m0./s1. The second-order valence-electron chi connectivity index (χ2n) is 5.08. The summed E-state index contributed by atoms with van der Waals surface area (Å²) in [6.07, 6.45) is -4.67. The van der Waals surface area contributed by atoms with Gasteiger partial charge in [0.25, 0.3) is 0 Å². The van der Waals surface area contributed by atoms with E-state index in [0.717, 1.165) is 12.1 Å². The number of rotatable bonds is 1. The van der Waals surface area contributed by atoms with Gasteiger partial charge in [-0.15, -0.1) is 12.4 Å². The molecule has 0 radical (unpaired) electrons. The van der Waals surface area contributed by atoms with Gasteiger partial charge in [-0.05, 0) is 23.1 Å². The molecule has 2 N–H and O–H groups in total. The third-order valence-corrected chi connectivity index (χ3v) is 2.59. The van der Waals surface area contributed by atoms with Crippen molar-refractivity contribution in [3.8, 4) is 0 Å². The van der Waals surface area contributed by atoms with Crippen LogP contribution in [0.25, 0.3) is 0 Å². The molecule has 1 nitrogen and oxygen atoms in total. The van der Waals surface area contributed by atoms with E-state index < -0.39 is 23.6 Å². The van der Waals surface area contributed by atoms with Crippen molar-refractivity contribution in [2.45, 2.75) is 33.0 Å². The number of halogens is 5. The van der Waals surface area contributed by atoms with Crippen LogP contribution in [0.3, 0.4) is 0 Å². The molecule has 0 aromatic heterocycles. The van der Waals surface area contributed by atoms with E-state index in [9.17, 15) is 17.6 Å². The topological polar surface area (TPSA) is 26.0 Å². The molecule has 1 rings (SSSR count). The third-order valence-electron chi connectivity index (χ3n) is 2.59. The number of hydrogen-bond acceptors (Lipinski definition) is 1. The van der Waals surface area contributed by atoms with Crippen LogP contribution in [0.4, 0.5) is 17.6 Å². The van der Waals surface area contributed by atoms with Gasteiger partial charge in [-0.25, -0.2) is 4.39 Å². The van der Waals surface area contributed by atoms with Gasteiger partial charge in [-0.3, -0.25) is 0 Å². The first-order chi connectivity index (χ1) is 7.53. The monoisotopic (exact) mass is 285 g/mol. The highest BCUT2D eigenvalue weighted by atomic mass is 35.5. The molecule has 6 heteroatoms. The molecule has 0 heterocycles. The second-order valence-corrected chi connectivity index (χ2v) is 5.08. The van der Waals surface area contributed by atoms with E-state index in [1.165, 1.54) is 6.07 Å². The Hall–Kier alpha value is -0.810. The fourth-order valence-electron chi connectivity index (χ4n) is 1.45. The van der Waals surface area contributed by atoms with E-state index in [2.05, 4.69) is 0 Å². The molecule has 0 bridgehead atoms. The fourth-order valence-corrected chi connectivity index (χ4v) is 1.45. The molecule has 18 heavy (non-hydrogen) atoms. The van der Waals surface area contributed by atoms with Crippen molar-refractivity contribution in [3.05, 3.63) is 35.1 Å². The van der Waals surface area contributed by atoms with Gasteiger partial charge < -0.3 is 5.73 Å². The van der Waals surface area contributed by atoms with Gasteiger partial charge in [0.15, 0.2) is 0 Å². The minimum atomic E-state index is -4.67. The van der Waals surface area contributed by atoms with E-state index in [1.54, 1.807) is 0 Å². The predicted octanol–water partition coefficient (Wildman–Crippen LogP) is 4.31. The van der Waals surface area contributed by atoms with Gasteiger partial charge in [0.2, 0.25) is 0 Å². The normalized spacial score (nSPS) is 14.0. The molecule has 0 aliphatic heterocycles. The first-order valence-electron chi connectivity index (χ1n) is 5.15. The summed E-state index contributed by atoms with van der Waals surface area (Å²) in [5.74, 6) is -1.28. The van der Waals surface area contributed by atoms with Crippen LogP contribution in [-0.4, -0.2) is 0 Å². The maximum Gasteiger partial charge on any atom is 0.419 e. The zero-order valence-corrected chi connectivity index (χ0v) is 11.1. The smallest absolute Gasteiger partial charge is 0.324 e. The van der Waals surface area contributed by atoms with Crippen molar-refractivity contribution >= 4 is 12.4 Å². The molecule has 1 atom stereocenters. The fraction of sp³-hybridized carbons (Fsp3) is 0.500. The average Bonchev–Trinajstić information content (AvgIpc) is 2.12. The van der Waals surface area contributed by atoms with Crippen LogP contribution in [-0.2, 0) is 6.18 Å². The molecule has 1 aromatic rings. The van der Waals surface area contributed by atoms with Crippen LogP contribution in [0.2, 0.25) is 0 Å². The molecule has 0 amide bonds. The summed E-state index contributed by atoms with van der Waals surface area (Å²) in [5.41, 5.74) is 4.61. The molecular formula is C12H16ClF4N. The van der Waals surface area contributed by atoms with E-state index in [-0.39, 0.29) is 17.8 Å². The summed E-state index contributed by atoms with van der Waals surface area (Å²) in [7, 11) is 0. The number of benzene rings is 1. The molecule has 104 valence electrons. The van der Waals surface area contributed by atoms with Crippen LogP contribution < -0.4 is 5.73 Å². The highest BCUT2D eigenvalue weighted by Gasteiger charge is 2.34. The molecule has 0 spiro atoms. The Balaban J connectivity index is 0.00000289. The summed E-state index contributed by atoms with van der Waals surface area (Å²) in [6, 6.07) is 2.30. The molecule has 0 aliphatic rings. The predicted molar refractivity (Wildman–Crippen MR) is 65.0 cm³/mol. The van der Waals surface area contributed by atoms with Crippen molar-refractivity contribution in [2.24, 2.45) is 11.1 Å². The Kier molecular flexibility index (Phi) is 5.20. The minimum Gasteiger partial charge on any atom is -0.324 e. The van der Waals surface area contributed by atoms with Crippen LogP contribution in [0, 0.1) is 11.2 Å². The first kappa shape index (κ1) is 17.2. The molecular weight excluding hydrogens is 270 g/mol.